The van der Waals surface area contributed by atoms with Crippen molar-refractivity contribution in [1.29, 1.82) is 0 Å². The zero-order chi connectivity index (χ0) is 12.4. The fourth-order valence-electron chi connectivity index (χ4n) is 1.55. The van der Waals surface area contributed by atoms with Crippen LogP contribution < -0.4 is 5.32 Å². The van der Waals surface area contributed by atoms with Gasteiger partial charge in [-0.25, -0.2) is 4.98 Å². The molecule has 0 atom stereocenters. The Kier molecular flexibility index (Phi) is 3.19. The molecule has 1 aromatic heterocycles. The average molecular weight is 248 g/mol. The molecule has 0 bridgehead atoms. The fourth-order valence-corrected chi connectivity index (χ4v) is 2.42. The van der Waals surface area contributed by atoms with Crippen molar-refractivity contribution >= 4 is 38.9 Å². The molecule has 5 heteroatoms. The summed E-state index contributed by atoms with van der Waals surface area (Å²) in [5.74, 6) is -0.421. The lowest BCUT2D eigenvalue weighted by atomic mass is 10.2. The first-order chi connectivity index (χ1) is 8.04. The molecule has 0 unspecified atom stereocenters. The van der Waals surface area contributed by atoms with Gasteiger partial charge in [-0.3, -0.25) is 9.59 Å². The lowest BCUT2D eigenvalue weighted by molar-refractivity contribution is -0.124. The number of ketones is 1. The van der Waals surface area contributed by atoms with Crippen molar-refractivity contribution in [3.8, 4) is 0 Å². The van der Waals surface area contributed by atoms with Gasteiger partial charge >= 0.3 is 0 Å². The van der Waals surface area contributed by atoms with E-state index in [2.05, 4.69) is 10.3 Å². The number of aryl methyl sites for hydroxylation is 1. The van der Waals surface area contributed by atoms with Gasteiger partial charge in [-0.15, -0.1) is 11.3 Å². The van der Waals surface area contributed by atoms with Crippen LogP contribution in [-0.2, 0) is 9.59 Å². The minimum atomic E-state index is -0.280. The first kappa shape index (κ1) is 11.7. The molecule has 1 heterocycles. The molecule has 1 aromatic carbocycles. The summed E-state index contributed by atoms with van der Waals surface area (Å²) in [6, 6.07) is 5.53. The Morgan fingerprint density at radius 3 is 2.88 bits per heavy atom. The van der Waals surface area contributed by atoms with Crippen LogP contribution in [0.5, 0.6) is 0 Å². The second-order valence-electron chi connectivity index (χ2n) is 3.84. The number of Topliss-reactive ketones (excluding diaryl/α,β-unsaturated/α-hetero) is 1. The predicted molar refractivity (Wildman–Crippen MR) is 68.3 cm³/mol. The summed E-state index contributed by atoms with van der Waals surface area (Å²) in [6.45, 7) is 3.34. The molecule has 1 N–H and O–H groups in total. The first-order valence-corrected chi connectivity index (χ1v) is 6.03. The number of nitrogens with zero attached hydrogens (tertiary/aromatic N) is 1. The fraction of sp³-hybridized carbons (Fsp3) is 0.250. The van der Waals surface area contributed by atoms with E-state index in [1.807, 2.05) is 19.1 Å². The minimum Gasteiger partial charge on any atom is -0.326 e. The van der Waals surface area contributed by atoms with Gasteiger partial charge in [0, 0.05) is 5.69 Å². The Morgan fingerprint density at radius 2 is 2.18 bits per heavy atom. The molecular formula is C12H12N2O2S. The number of fused-ring (bicyclic) bond motifs is 1. The standard InChI is InChI=1S/C12H12N2O2S/c1-7(15)5-12(16)14-9-3-4-10-11(6-9)17-8(2)13-10/h3-4,6H,5H2,1-2H3,(H,14,16). The van der Waals surface area contributed by atoms with Crippen LogP contribution in [0, 0.1) is 6.92 Å². The Hall–Kier alpha value is -1.75. The Balaban J connectivity index is 2.19. The van der Waals surface area contributed by atoms with E-state index >= 15 is 0 Å². The molecule has 0 aliphatic carbocycles. The van der Waals surface area contributed by atoms with Gasteiger partial charge in [0.15, 0.2) is 0 Å². The van der Waals surface area contributed by atoms with E-state index in [-0.39, 0.29) is 18.1 Å². The number of nitrogens with one attached hydrogen (secondary N) is 1. The maximum Gasteiger partial charge on any atom is 0.231 e. The second kappa shape index (κ2) is 4.63. The summed E-state index contributed by atoms with van der Waals surface area (Å²) in [7, 11) is 0. The van der Waals surface area contributed by atoms with E-state index in [1.165, 1.54) is 6.92 Å². The Morgan fingerprint density at radius 1 is 1.41 bits per heavy atom. The predicted octanol–water partition coefficient (Wildman–Crippen LogP) is 2.52. The lowest BCUT2D eigenvalue weighted by Crippen LogP contribution is -2.14. The van der Waals surface area contributed by atoms with Gasteiger partial charge in [-0.05, 0) is 32.0 Å². The van der Waals surface area contributed by atoms with Crippen molar-refractivity contribution in [1.82, 2.24) is 4.98 Å². The maximum absolute atomic E-state index is 11.4. The number of carbonyl (C=O) groups is 2. The van der Waals surface area contributed by atoms with Gasteiger partial charge in [0.2, 0.25) is 5.91 Å². The van der Waals surface area contributed by atoms with Crippen LogP contribution in [0.4, 0.5) is 5.69 Å². The molecule has 0 saturated carbocycles. The zero-order valence-corrected chi connectivity index (χ0v) is 10.4. The van der Waals surface area contributed by atoms with E-state index < -0.39 is 0 Å². The normalized spacial score (nSPS) is 10.5. The van der Waals surface area contributed by atoms with Crippen molar-refractivity contribution in [2.75, 3.05) is 5.32 Å². The van der Waals surface area contributed by atoms with Crippen LogP contribution in [0.1, 0.15) is 18.4 Å². The van der Waals surface area contributed by atoms with Crippen molar-refractivity contribution in [2.45, 2.75) is 20.3 Å². The Bertz CT molecular complexity index is 589. The topological polar surface area (TPSA) is 59.1 Å². The van der Waals surface area contributed by atoms with Crippen molar-refractivity contribution < 1.29 is 9.59 Å². The molecule has 0 fully saturated rings. The van der Waals surface area contributed by atoms with E-state index in [9.17, 15) is 9.59 Å². The zero-order valence-electron chi connectivity index (χ0n) is 9.61. The molecule has 0 saturated heterocycles. The summed E-state index contributed by atoms with van der Waals surface area (Å²) in [5.41, 5.74) is 1.63. The van der Waals surface area contributed by atoms with Gasteiger partial charge in [0.05, 0.1) is 21.6 Å². The largest absolute Gasteiger partial charge is 0.326 e. The number of hydrogen-bond donors (Lipinski definition) is 1. The van der Waals surface area contributed by atoms with Gasteiger partial charge < -0.3 is 5.32 Å². The van der Waals surface area contributed by atoms with E-state index in [1.54, 1.807) is 17.4 Å². The number of thiazole rings is 1. The number of benzene rings is 1. The molecule has 0 aliphatic heterocycles. The van der Waals surface area contributed by atoms with Crippen molar-refractivity contribution in [3.05, 3.63) is 23.2 Å². The molecule has 2 aromatic rings. The SMILES string of the molecule is CC(=O)CC(=O)Nc1ccc2nc(C)sc2c1. The third-order valence-electron chi connectivity index (χ3n) is 2.19. The molecule has 0 spiro atoms. The van der Waals surface area contributed by atoms with Crippen molar-refractivity contribution in [2.24, 2.45) is 0 Å². The van der Waals surface area contributed by atoms with E-state index in [0.717, 1.165) is 15.2 Å². The lowest BCUT2D eigenvalue weighted by Gasteiger charge is -2.03. The molecule has 88 valence electrons. The first-order valence-electron chi connectivity index (χ1n) is 5.21. The molecule has 0 aliphatic rings. The van der Waals surface area contributed by atoms with Gasteiger partial charge in [-0.1, -0.05) is 0 Å². The minimum absolute atomic E-state index is 0.0836. The monoisotopic (exact) mass is 248 g/mol. The highest BCUT2D eigenvalue weighted by molar-refractivity contribution is 7.18. The molecule has 17 heavy (non-hydrogen) atoms. The number of amides is 1. The van der Waals surface area contributed by atoms with E-state index in [4.69, 9.17) is 0 Å². The van der Waals surface area contributed by atoms with Crippen LogP contribution >= 0.6 is 11.3 Å². The number of anilines is 1. The molecular weight excluding hydrogens is 236 g/mol. The third kappa shape index (κ3) is 2.88. The van der Waals surface area contributed by atoms with Crippen LogP contribution in [0.25, 0.3) is 10.2 Å². The summed E-state index contributed by atoms with van der Waals surface area (Å²) < 4.78 is 1.03. The summed E-state index contributed by atoms with van der Waals surface area (Å²) in [6.07, 6.45) is -0.0836. The highest BCUT2D eigenvalue weighted by Gasteiger charge is 2.07. The highest BCUT2D eigenvalue weighted by atomic mass is 32.1. The second-order valence-corrected chi connectivity index (χ2v) is 5.08. The molecule has 1 amide bonds. The van der Waals surface area contributed by atoms with Crippen LogP contribution in [0.3, 0.4) is 0 Å². The van der Waals surface area contributed by atoms with Gasteiger partial charge in [-0.2, -0.15) is 0 Å². The van der Waals surface area contributed by atoms with Crippen LogP contribution in [0.15, 0.2) is 18.2 Å². The smallest absolute Gasteiger partial charge is 0.231 e. The highest BCUT2D eigenvalue weighted by Crippen LogP contribution is 2.24. The quantitative estimate of drug-likeness (QED) is 0.849. The van der Waals surface area contributed by atoms with Crippen molar-refractivity contribution in [3.63, 3.8) is 0 Å². The number of aromatic nitrogens is 1. The number of rotatable bonds is 3. The number of hydrogen-bond acceptors (Lipinski definition) is 4. The Labute approximate surface area is 103 Å². The van der Waals surface area contributed by atoms with Crippen LogP contribution in [-0.4, -0.2) is 16.7 Å². The average Bonchev–Trinajstić information content (AvgIpc) is 2.55. The molecule has 4 nitrogen and oxygen atoms in total. The molecule has 0 radical (unpaired) electrons. The third-order valence-corrected chi connectivity index (χ3v) is 3.12. The summed E-state index contributed by atoms with van der Waals surface area (Å²) in [5, 5.41) is 3.69. The van der Waals surface area contributed by atoms with Gasteiger partial charge in [0.25, 0.3) is 0 Å². The summed E-state index contributed by atoms with van der Waals surface area (Å²) in [4.78, 5) is 26.5. The number of carbonyl (C=O) groups excluding carboxylic acids is 2. The van der Waals surface area contributed by atoms with Crippen LogP contribution in [0.2, 0.25) is 0 Å². The molecule has 2 rings (SSSR count). The van der Waals surface area contributed by atoms with E-state index in [0.29, 0.717) is 5.69 Å². The maximum atomic E-state index is 11.4. The summed E-state index contributed by atoms with van der Waals surface area (Å²) >= 11 is 1.58. The van der Waals surface area contributed by atoms with Gasteiger partial charge in [0.1, 0.15) is 5.78 Å².